The topological polar surface area (TPSA) is 16.1 Å². The number of rotatable bonds is 1. The molecular weight excluding hydrogens is 172 g/mol. The number of likely N-dealkylation sites (N-methyl/N-ethyl adjacent to an activating group) is 1. The Morgan fingerprint density at radius 3 is 2.83 bits per heavy atom. The third-order valence-corrected chi connectivity index (χ3v) is 2.43. The maximum Gasteiger partial charge on any atom is 0.129 e. The lowest BCUT2D eigenvalue weighted by molar-refractivity contribution is 0.187. The van der Waals surface area contributed by atoms with Crippen LogP contribution >= 0.6 is 11.6 Å². The first kappa shape index (κ1) is 8.02. The van der Waals surface area contributed by atoms with Crippen LogP contribution in [-0.4, -0.2) is 30.0 Å². The van der Waals surface area contributed by atoms with Crippen molar-refractivity contribution < 1.29 is 0 Å². The average molecular weight is 183 g/mol. The van der Waals surface area contributed by atoms with Crippen molar-refractivity contribution in [2.24, 2.45) is 0 Å². The molecule has 1 aliphatic rings. The summed E-state index contributed by atoms with van der Waals surface area (Å²) in [5.41, 5.74) is 1.13. The fourth-order valence-corrected chi connectivity index (χ4v) is 1.71. The summed E-state index contributed by atoms with van der Waals surface area (Å²) in [6, 6.07) is 5.82. The lowest BCUT2D eigenvalue weighted by Crippen LogP contribution is -2.42. The van der Waals surface area contributed by atoms with Gasteiger partial charge in [0.15, 0.2) is 0 Å². The Labute approximate surface area is 77.2 Å². The molecule has 0 spiro atoms. The molecule has 1 aromatic heterocycles. The van der Waals surface area contributed by atoms with E-state index >= 15 is 0 Å². The Hall–Kier alpha value is -0.600. The van der Waals surface area contributed by atoms with Gasteiger partial charge in [0, 0.05) is 24.7 Å². The molecule has 1 aromatic rings. The van der Waals surface area contributed by atoms with Crippen LogP contribution in [0.1, 0.15) is 11.6 Å². The smallest absolute Gasteiger partial charge is 0.129 e. The third-order valence-electron chi connectivity index (χ3n) is 2.22. The molecule has 2 heterocycles. The van der Waals surface area contributed by atoms with Gasteiger partial charge in [0.2, 0.25) is 0 Å². The number of nitrogens with zero attached hydrogens (tertiary/aromatic N) is 2. The minimum Gasteiger partial charge on any atom is -0.305 e. The van der Waals surface area contributed by atoms with Crippen molar-refractivity contribution in [2.75, 3.05) is 20.1 Å². The van der Waals surface area contributed by atoms with Crippen LogP contribution in [0.15, 0.2) is 18.2 Å². The lowest BCUT2D eigenvalue weighted by Gasteiger charge is -2.35. The number of likely N-dealkylation sites (tertiary alicyclic amines) is 1. The van der Waals surface area contributed by atoms with Crippen molar-refractivity contribution in [3.8, 4) is 0 Å². The zero-order chi connectivity index (χ0) is 8.55. The molecule has 2 rings (SSSR count). The van der Waals surface area contributed by atoms with Gasteiger partial charge in [0.05, 0.1) is 0 Å². The van der Waals surface area contributed by atoms with Gasteiger partial charge in [0.1, 0.15) is 5.15 Å². The minimum atomic E-state index is 0.591. The second-order valence-electron chi connectivity index (χ2n) is 3.30. The highest BCUT2D eigenvalue weighted by Gasteiger charge is 2.25. The van der Waals surface area contributed by atoms with Crippen LogP contribution < -0.4 is 0 Å². The predicted octanol–water partition coefficient (Wildman–Crippen LogP) is 1.76. The van der Waals surface area contributed by atoms with Crippen LogP contribution in [0, 0.1) is 0 Å². The van der Waals surface area contributed by atoms with E-state index in [0.717, 1.165) is 18.8 Å². The van der Waals surface area contributed by atoms with Gasteiger partial charge >= 0.3 is 0 Å². The van der Waals surface area contributed by atoms with E-state index in [1.165, 1.54) is 0 Å². The average Bonchev–Trinajstić information content (AvgIpc) is 1.99. The van der Waals surface area contributed by atoms with Crippen molar-refractivity contribution in [1.82, 2.24) is 9.88 Å². The standard InChI is InChI=1S/C9H11ClN2/c1-12-5-7(6-12)8-3-2-4-9(10)11-8/h2-4,7H,5-6H2,1H3. The summed E-state index contributed by atoms with van der Waals surface area (Å²) in [6.07, 6.45) is 0. The van der Waals surface area contributed by atoms with Gasteiger partial charge in [-0.3, -0.25) is 0 Å². The summed E-state index contributed by atoms with van der Waals surface area (Å²) in [4.78, 5) is 6.54. The van der Waals surface area contributed by atoms with Crippen molar-refractivity contribution in [3.05, 3.63) is 29.0 Å². The van der Waals surface area contributed by atoms with Gasteiger partial charge in [-0.15, -0.1) is 0 Å². The summed E-state index contributed by atoms with van der Waals surface area (Å²) in [7, 11) is 2.11. The molecule has 1 saturated heterocycles. The van der Waals surface area contributed by atoms with Crippen LogP contribution in [0.5, 0.6) is 0 Å². The van der Waals surface area contributed by atoms with Crippen LogP contribution in [0.4, 0.5) is 0 Å². The van der Waals surface area contributed by atoms with Crippen LogP contribution in [-0.2, 0) is 0 Å². The number of hydrogen-bond donors (Lipinski definition) is 0. The normalized spacial score (nSPS) is 19.2. The molecule has 0 saturated carbocycles. The molecule has 2 nitrogen and oxygen atoms in total. The first-order valence-corrected chi connectivity index (χ1v) is 4.44. The monoisotopic (exact) mass is 182 g/mol. The number of halogens is 1. The molecule has 3 heteroatoms. The van der Waals surface area contributed by atoms with Crippen molar-refractivity contribution >= 4 is 11.6 Å². The molecule has 0 unspecified atom stereocenters. The first-order chi connectivity index (χ1) is 5.75. The van der Waals surface area contributed by atoms with E-state index < -0.39 is 0 Å². The molecule has 0 radical (unpaired) electrons. The summed E-state index contributed by atoms with van der Waals surface area (Å²) in [5, 5.41) is 0.599. The molecule has 1 aliphatic heterocycles. The molecule has 1 fully saturated rings. The van der Waals surface area contributed by atoms with Gasteiger partial charge in [0.25, 0.3) is 0 Å². The lowest BCUT2D eigenvalue weighted by atomic mass is 9.97. The highest BCUT2D eigenvalue weighted by Crippen LogP contribution is 2.24. The highest BCUT2D eigenvalue weighted by molar-refractivity contribution is 6.29. The van der Waals surface area contributed by atoms with Gasteiger partial charge < -0.3 is 4.90 Å². The summed E-state index contributed by atoms with van der Waals surface area (Å²) in [6.45, 7) is 2.21. The molecule has 0 amide bonds. The van der Waals surface area contributed by atoms with Crippen molar-refractivity contribution in [2.45, 2.75) is 5.92 Å². The van der Waals surface area contributed by atoms with Crippen LogP contribution in [0.2, 0.25) is 5.15 Å². The minimum absolute atomic E-state index is 0.591. The van der Waals surface area contributed by atoms with E-state index in [2.05, 4.69) is 16.9 Å². The van der Waals surface area contributed by atoms with Crippen molar-refractivity contribution in [1.29, 1.82) is 0 Å². The number of aromatic nitrogens is 1. The SMILES string of the molecule is CN1CC(c2cccc(Cl)n2)C1. The van der Waals surface area contributed by atoms with Crippen molar-refractivity contribution in [3.63, 3.8) is 0 Å². The largest absolute Gasteiger partial charge is 0.305 e. The zero-order valence-corrected chi connectivity index (χ0v) is 7.75. The number of hydrogen-bond acceptors (Lipinski definition) is 2. The first-order valence-electron chi connectivity index (χ1n) is 4.07. The van der Waals surface area contributed by atoms with Gasteiger partial charge in [-0.25, -0.2) is 4.98 Å². The Kier molecular flexibility index (Phi) is 2.03. The van der Waals surface area contributed by atoms with Gasteiger partial charge in [-0.05, 0) is 19.2 Å². The van der Waals surface area contributed by atoms with Crippen LogP contribution in [0.25, 0.3) is 0 Å². The molecular formula is C9H11ClN2. The summed E-state index contributed by atoms with van der Waals surface area (Å²) >= 11 is 5.78. The molecule has 0 atom stereocenters. The highest BCUT2D eigenvalue weighted by atomic mass is 35.5. The number of pyridine rings is 1. The third kappa shape index (κ3) is 1.45. The quantitative estimate of drug-likeness (QED) is 0.616. The maximum absolute atomic E-state index is 5.78. The molecule has 0 N–H and O–H groups in total. The predicted molar refractivity (Wildman–Crippen MR) is 49.5 cm³/mol. The molecule has 0 aliphatic carbocycles. The second-order valence-corrected chi connectivity index (χ2v) is 3.69. The van der Waals surface area contributed by atoms with Gasteiger partial charge in [-0.1, -0.05) is 17.7 Å². The van der Waals surface area contributed by atoms with E-state index in [-0.39, 0.29) is 0 Å². The summed E-state index contributed by atoms with van der Waals surface area (Å²) < 4.78 is 0. The van der Waals surface area contributed by atoms with Gasteiger partial charge in [-0.2, -0.15) is 0 Å². The van der Waals surface area contributed by atoms with E-state index in [9.17, 15) is 0 Å². The van der Waals surface area contributed by atoms with Crippen LogP contribution in [0.3, 0.4) is 0 Å². The fourth-order valence-electron chi connectivity index (χ4n) is 1.54. The molecule has 12 heavy (non-hydrogen) atoms. The van der Waals surface area contributed by atoms with E-state index in [0.29, 0.717) is 11.1 Å². The summed E-state index contributed by atoms with van der Waals surface area (Å²) in [5.74, 6) is 0.591. The van der Waals surface area contributed by atoms with E-state index in [1.54, 1.807) is 0 Å². The molecule has 0 bridgehead atoms. The Balaban J connectivity index is 2.13. The Morgan fingerprint density at radius 1 is 1.50 bits per heavy atom. The maximum atomic E-state index is 5.78. The van der Waals surface area contributed by atoms with E-state index in [1.807, 2.05) is 18.2 Å². The van der Waals surface area contributed by atoms with E-state index in [4.69, 9.17) is 11.6 Å². The Bertz CT molecular complexity index is 282. The molecule has 64 valence electrons. The molecule has 0 aromatic carbocycles. The fraction of sp³-hybridized carbons (Fsp3) is 0.444. The zero-order valence-electron chi connectivity index (χ0n) is 7.00. The second kappa shape index (κ2) is 3.04. The Morgan fingerprint density at radius 2 is 2.25 bits per heavy atom.